The minimum Gasteiger partial charge on any atom is -0.349 e. The van der Waals surface area contributed by atoms with Gasteiger partial charge in [-0.25, -0.2) is 9.97 Å². The third-order valence-corrected chi connectivity index (χ3v) is 4.21. The van der Waals surface area contributed by atoms with Crippen molar-refractivity contribution in [2.24, 2.45) is 0 Å². The van der Waals surface area contributed by atoms with Gasteiger partial charge in [0.05, 0.1) is 0 Å². The summed E-state index contributed by atoms with van der Waals surface area (Å²) >= 11 is 0. The molecule has 21 heavy (non-hydrogen) atoms. The summed E-state index contributed by atoms with van der Waals surface area (Å²) < 4.78 is 0. The molecule has 0 aliphatic carbocycles. The molecule has 0 spiro atoms. The molecule has 3 heterocycles. The summed E-state index contributed by atoms with van der Waals surface area (Å²) in [6.07, 6.45) is 5.40. The average Bonchev–Trinajstić information content (AvgIpc) is 2.47. The van der Waals surface area contributed by atoms with Crippen LogP contribution in [0.15, 0.2) is 29.6 Å². The highest BCUT2D eigenvalue weighted by Gasteiger charge is 2.23. The summed E-state index contributed by atoms with van der Waals surface area (Å²) in [7, 11) is 0. The second-order valence-electron chi connectivity index (χ2n) is 5.62. The van der Waals surface area contributed by atoms with Crippen LogP contribution in [-0.2, 0) is 4.79 Å². The van der Waals surface area contributed by atoms with E-state index in [2.05, 4.69) is 25.5 Å². The molecule has 2 fully saturated rings. The quantitative estimate of drug-likeness (QED) is 0.791. The molecule has 1 aromatic rings. The molecule has 0 saturated carbocycles. The second-order valence-corrected chi connectivity index (χ2v) is 5.62. The van der Waals surface area contributed by atoms with E-state index in [1.165, 1.54) is 5.57 Å². The van der Waals surface area contributed by atoms with E-state index >= 15 is 0 Å². The molecule has 0 radical (unpaired) electrons. The maximum atomic E-state index is 12.2. The summed E-state index contributed by atoms with van der Waals surface area (Å²) in [5.41, 5.74) is 2.10. The first kappa shape index (κ1) is 14.0. The van der Waals surface area contributed by atoms with Crippen LogP contribution in [0.25, 0.3) is 0 Å². The molecule has 2 aliphatic rings. The van der Waals surface area contributed by atoms with E-state index in [9.17, 15) is 4.79 Å². The van der Waals surface area contributed by atoms with Gasteiger partial charge in [0, 0.05) is 50.2 Å². The van der Waals surface area contributed by atoms with E-state index in [0.29, 0.717) is 0 Å². The third kappa shape index (κ3) is 3.21. The molecule has 2 N–H and O–H groups in total. The van der Waals surface area contributed by atoms with Gasteiger partial charge >= 0.3 is 0 Å². The number of amides is 1. The van der Waals surface area contributed by atoms with Crippen molar-refractivity contribution in [3.63, 3.8) is 0 Å². The maximum absolute atomic E-state index is 12.2. The van der Waals surface area contributed by atoms with Crippen molar-refractivity contribution >= 4 is 11.9 Å². The fourth-order valence-electron chi connectivity index (χ4n) is 2.65. The van der Waals surface area contributed by atoms with E-state index in [4.69, 9.17) is 0 Å². The van der Waals surface area contributed by atoms with Gasteiger partial charge in [-0.3, -0.25) is 4.79 Å². The summed E-state index contributed by atoms with van der Waals surface area (Å²) in [4.78, 5) is 22.9. The first-order valence-electron chi connectivity index (χ1n) is 7.46. The molecular formula is C15H21N5O. The molecule has 112 valence electrons. The molecule has 6 heteroatoms. The Hall–Kier alpha value is -1.95. The Morgan fingerprint density at radius 2 is 1.95 bits per heavy atom. The molecular weight excluding hydrogens is 266 g/mol. The predicted molar refractivity (Wildman–Crippen MR) is 81.0 cm³/mol. The average molecular weight is 287 g/mol. The summed E-state index contributed by atoms with van der Waals surface area (Å²) in [5.74, 6) is 0.863. The number of aromatic nitrogens is 2. The molecule has 2 saturated heterocycles. The van der Waals surface area contributed by atoms with Crippen LogP contribution in [0.3, 0.4) is 0 Å². The Kier molecular flexibility index (Phi) is 4.15. The van der Waals surface area contributed by atoms with E-state index in [0.717, 1.165) is 50.5 Å². The maximum Gasteiger partial charge on any atom is 0.247 e. The SMILES string of the molecule is CC(C(=O)NC1CCN(c2ncccn2)CC1)=C1CNC1. The number of nitrogens with zero attached hydrogens (tertiary/aromatic N) is 3. The second kappa shape index (κ2) is 6.22. The number of piperidine rings is 1. The van der Waals surface area contributed by atoms with Gasteiger partial charge in [0.1, 0.15) is 0 Å². The van der Waals surface area contributed by atoms with Crippen LogP contribution in [-0.4, -0.2) is 48.1 Å². The van der Waals surface area contributed by atoms with Gasteiger partial charge in [-0.2, -0.15) is 0 Å². The van der Waals surface area contributed by atoms with Crippen molar-refractivity contribution in [2.75, 3.05) is 31.1 Å². The molecule has 0 bridgehead atoms. The van der Waals surface area contributed by atoms with E-state index in [1.807, 2.05) is 13.0 Å². The molecule has 0 aromatic carbocycles. The van der Waals surface area contributed by atoms with Gasteiger partial charge in [-0.1, -0.05) is 0 Å². The van der Waals surface area contributed by atoms with Crippen LogP contribution in [0.1, 0.15) is 19.8 Å². The van der Waals surface area contributed by atoms with Crippen LogP contribution >= 0.6 is 0 Å². The topological polar surface area (TPSA) is 70.2 Å². The smallest absolute Gasteiger partial charge is 0.247 e. The first-order valence-corrected chi connectivity index (χ1v) is 7.46. The number of nitrogens with one attached hydrogen (secondary N) is 2. The zero-order valence-corrected chi connectivity index (χ0v) is 12.3. The highest BCUT2D eigenvalue weighted by molar-refractivity contribution is 5.94. The van der Waals surface area contributed by atoms with Crippen molar-refractivity contribution in [2.45, 2.75) is 25.8 Å². The number of carbonyl (C=O) groups excluding carboxylic acids is 1. The van der Waals surface area contributed by atoms with Crippen LogP contribution in [0, 0.1) is 0 Å². The lowest BCUT2D eigenvalue weighted by Gasteiger charge is -2.32. The molecule has 3 rings (SSSR count). The van der Waals surface area contributed by atoms with Crippen molar-refractivity contribution in [1.82, 2.24) is 20.6 Å². The summed E-state index contributed by atoms with van der Waals surface area (Å²) in [5, 5.41) is 6.31. The first-order chi connectivity index (χ1) is 10.2. The highest BCUT2D eigenvalue weighted by Crippen LogP contribution is 2.16. The number of rotatable bonds is 3. The van der Waals surface area contributed by atoms with Gasteiger partial charge in [0.25, 0.3) is 0 Å². The Labute approximate surface area is 124 Å². The van der Waals surface area contributed by atoms with Crippen LogP contribution in [0.2, 0.25) is 0 Å². The fourth-order valence-corrected chi connectivity index (χ4v) is 2.65. The Bertz CT molecular complexity index is 528. The van der Waals surface area contributed by atoms with Gasteiger partial charge < -0.3 is 15.5 Å². The van der Waals surface area contributed by atoms with Crippen molar-refractivity contribution < 1.29 is 4.79 Å². The lowest BCUT2D eigenvalue weighted by molar-refractivity contribution is -0.118. The van der Waals surface area contributed by atoms with Gasteiger partial charge in [0.15, 0.2) is 0 Å². The molecule has 1 amide bonds. The van der Waals surface area contributed by atoms with E-state index in [-0.39, 0.29) is 11.9 Å². The minimum absolute atomic E-state index is 0.0842. The van der Waals surface area contributed by atoms with Gasteiger partial charge in [-0.05, 0) is 31.4 Å². The van der Waals surface area contributed by atoms with Crippen LogP contribution in [0.5, 0.6) is 0 Å². The van der Waals surface area contributed by atoms with Gasteiger partial charge in [-0.15, -0.1) is 0 Å². The van der Waals surface area contributed by atoms with E-state index < -0.39 is 0 Å². The number of hydrogen-bond donors (Lipinski definition) is 2. The zero-order valence-electron chi connectivity index (χ0n) is 12.3. The van der Waals surface area contributed by atoms with Gasteiger partial charge in [0.2, 0.25) is 11.9 Å². The standard InChI is InChI=1S/C15H21N5O/c1-11(12-9-16-10-12)14(21)19-13-3-7-20(8-4-13)15-17-5-2-6-18-15/h2,5-6,13,16H,3-4,7-10H2,1H3,(H,19,21). The number of carbonyl (C=O) groups is 1. The summed E-state index contributed by atoms with van der Waals surface area (Å²) in [6.45, 7) is 5.38. The van der Waals surface area contributed by atoms with Crippen molar-refractivity contribution in [3.05, 3.63) is 29.6 Å². The zero-order chi connectivity index (χ0) is 14.7. The normalized spacial score (nSPS) is 19.1. The minimum atomic E-state index is 0.0842. The Balaban J connectivity index is 1.51. The molecule has 2 aliphatic heterocycles. The lowest BCUT2D eigenvalue weighted by Crippen LogP contribution is -2.46. The van der Waals surface area contributed by atoms with Crippen molar-refractivity contribution in [3.8, 4) is 0 Å². The highest BCUT2D eigenvalue weighted by atomic mass is 16.1. The molecule has 0 atom stereocenters. The molecule has 1 aromatic heterocycles. The molecule has 6 nitrogen and oxygen atoms in total. The Morgan fingerprint density at radius 3 is 2.52 bits per heavy atom. The van der Waals surface area contributed by atoms with Crippen LogP contribution in [0.4, 0.5) is 5.95 Å². The third-order valence-electron chi connectivity index (χ3n) is 4.21. The fraction of sp³-hybridized carbons (Fsp3) is 0.533. The lowest BCUT2D eigenvalue weighted by atomic mass is 10.0. The Morgan fingerprint density at radius 1 is 1.29 bits per heavy atom. The predicted octanol–water partition coefficient (Wildman–Crippen LogP) is 0.481. The van der Waals surface area contributed by atoms with Crippen molar-refractivity contribution in [1.29, 1.82) is 0 Å². The molecule has 0 unspecified atom stereocenters. The van der Waals surface area contributed by atoms with Crippen LogP contribution < -0.4 is 15.5 Å². The summed E-state index contributed by atoms with van der Waals surface area (Å²) in [6, 6.07) is 2.07. The largest absolute Gasteiger partial charge is 0.349 e. The monoisotopic (exact) mass is 287 g/mol. The van der Waals surface area contributed by atoms with E-state index in [1.54, 1.807) is 12.4 Å². The number of hydrogen-bond acceptors (Lipinski definition) is 5. The number of anilines is 1.